The van der Waals surface area contributed by atoms with Gasteiger partial charge in [0.1, 0.15) is 19.3 Å². The van der Waals surface area contributed by atoms with E-state index >= 15 is 0 Å². The number of unbranched alkanes of at least 4 members (excludes halogenated alkanes) is 48. The van der Waals surface area contributed by atoms with E-state index in [1.165, 1.54) is 289 Å². The smallest absolute Gasteiger partial charge is 0.390 e. The Morgan fingerprint density at radius 3 is 1.04 bits per heavy atom. The van der Waals surface area contributed by atoms with Gasteiger partial charge in [-0.1, -0.05) is 321 Å². The predicted molar refractivity (Wildman–Crippen MR) is 334 cm³/mol. The van der Waals surface area contributed by atoms with Crippen molar-refractivity contribution in [1.82, 2.24) is 5.32 Å². The molecule has 0 spiro atoms. The SMILES string of the molecule is CCCCCCCCC/C=C/CCCC(O)C(O)C(COP(=O)(O)OCC[N+](C)(C)C)NC(=O)CCCCCCCCCCCCCCCCCCCCCCCCCCCCCCCCCCCCCCCCCCC. The summed E-state index contributed by atoms with van der Waals surface area (Å²) in [5, 5.41) is 24.8. The molecule has 0 aromatic heterocycles. The highest BCUT2D eigenvalue weighted by atomic mass is 31.2. The molecule has 0 aromatic carbocycles. The van der Waals surface area contributed by atoms with Gasteiger partial charge in [0.05, 0.1) is 39.9 Å². The highest BCUT2D eigenvalue weighted by Crippen LogP contribution is 2.43. The van der Waals surface area contributed by atoms with Gasteiger partial charge in [-0.15, -0.1) is 0 Å². The fraction of sp³-hybridized carbons (Fsp3) is 0.955. The maximum atomic E-state index is 13.0. The van der Waals surface area contributed by atoms with Crippen LogP contribution in [0, 0.1) is 0 Å². The number of rotatable bonds is 64. The van der Waals surface area contributed by atoms with Gasteiger partial charge in [-0.2, -0.15) is 0 Å². The van der Waals surface area contributed by atoms with Crippen molar-refractivity contribution in [2.24, 2.45) is 0 Å². The van der Waals surface area contributed by atoms with E-state index < -0.39 is 32.7 Å². The number of quaternary nitrogens is 1. The number of phosphoric ester groups is 1. The van der Waals surface area contributed by atoms with E-state index in [2.05, 4.69) is 31.3 Å². The first-order chi connectivity index (χ1) is 37.4. The predicted octanol–water partition coefficient (Wildman–Crippen LogP) is 20.3. The lowest BCUT2D eigenvalue weighted by Gasteiger charge is -2.28. The Morgan fingerprint density at radius 2 is 0.727 bits per heavy atom. The van der Waals surface area contributed by atoms with Gasteiger partial charge in [-0.3, -0.25) is 13.8 Å². The van der Waals surface area contributed by atoms with Crippen LogP contribution >= 0.6 is 7.82 Å². The van der Waals surface area contributed by atoms with Gasteiger partial charge in [0.15, 0.2) is 0 Å². The number of nitrogens with zero attached hydrogens (tertiary/aromatic N) is 1. The number of aliphatic hydroxyl groups is 2. The lowest BCUT2D eigenvalue weighted by atomic mass is 10.0. The van der Waals surface area contributed by atoms with Crippen molar-refractivity contribution < 1.29 is 38.0 Å². The zero-order valence-corrected chi connectivity index (χ0v) is 53.2. The topological polar surface area (TPSA) is 125 Å². The van der Waals surface area contributed by atoms with Crippen LogP contribution in [-0.2, 0) is 18.4 Å². The summed E-state index contributed by atoms with van der Waals surface area (Å²) >= 11 is 0. The highest BCUT2D eigenvalue weighted by molar-refractivity contribution is 7.47. The molecule has 0 aliphatic heterocycles. The molecule has 0 aliphatic carbocycles. The molecule has 4 N–H and O–H groups in total. The van der Waals surface area contributed by atoms with Gasteiger partial charge in [0, 0.05) is 6.42 Å². The van der Waals surface area contributed by atoms with Crippen LogP contribution in [0.4, 0.5) is 0 Å². The summed E-state index contributed by atoms with van der Waals surface area (Å²) in [6.45, 7) is 4.62. The highest BCUT2D eigenvalue weighted by Gasteiger charge is 2.32. The Labute approximate surface area is 480 Å². The number of aliphatic hydroxyl groups excluding tert-OH is 2. The molecule has 0 bridgehead atoms. The average Bonchev–Trinajstić information content (AvgIpc) is 3.39. The number of hydrogen-bond acceptors (Lipinski definition) is 6. The zero-order chi connectivity index (χ0) is 56.4. The molecular weight excluding hydrogens is 976 g/mol. The molecule has 9 nitrogen and oxygen atoms in total. The molecule has 77 heavy (non-hydrogen) atoms. The van der Waals surface area contributed by atoms with Crippen LogP contribution in [0.5, 0.6) is 0 Å². The van der Waals surface area contributed by atoms with E-state index in [0.717, 1.165) is 32.1 Å². The van der Waals surface area contributed by atoms with E-state index in [9.17, 15) is 24.5 Å². The maximum Gasteiger partial charge on any atom is 0.472 e. The molecule has 0 heterocycles. The second kappa shape index (κ2) is 58.4. The molecular formula is C67H136N2O7P+. The number of hydrogen-bond donors (Lipinski definition) is 4. The summed E-state index contributed by atoms with van der Waals surface area (Å²) in [6.07, 6.45) is 70.9. The molecule has 10 heteroatoms. The van der Waals surface area contributed by atoms with Crippen molar-refractivity contribution in [2.45, 2.75) is 372 Å². The first-order valence-electron chi connectivity index (χ1n) is 34.1. The molecule has 0 radical (unpaired) electrons. The van der Waals surface area contributed by atoms with E-state index in [1.54, 1.807) is 0 Å². The van der Waals surface area contributed by atoms with Crippen molar-refractivity contribution in [3.8, 4) is 0 Å². The van der Waals surface area contributed by atoms with Gasteiger partial charge in [0.2, 0.25) is 5.91 Å². The third-order valence-electron chi connectivity index (χ3n) is 16.1. The Morgan fingerprint density at radius 1 is 0.442 bits per heavy atom. The van der Waals surface area contributed by atoms with E-state index in [1.807, 2.05) is 21.1 Å². The summed E-state index contributed by atoms with van der Waals surface area (Å²) in [4.78, 5) is 23.4. The minimum Gasteiger partial charge on any atom is -0.390 e. The van der Waals surface area contributed by atoms with Crippen molar-refractivity contribution in [3.63, 3.8) is 0 Å². The fourth-order valence-corrected chi connectivity index (χ4v) is 11.5. The second-order valence-corrected chi connectivity index (χ2v) is 26.5. The van der Waals surface area contributed by atoms with E-state index in [4.69, 9.17) is 9.05 Å². The number of nitrogens with one attached hydrogen (secondary N) is 1. The normalized spacial score (nSPS) is 14.1. The Balaban J connectivity index is 3.84. The van der Waals surface area contributed by atoms with Crippen LogP contribution in [0.2, 0.25) is 0 Å². The molecule has 0 rings (SSSR count). The average molecular weight is 1110 g/mol. The Hall–Kier alpha value is -0.800. The maximum absolute atomic E-state index is 13.0. The summed E-state index contributed by atoms with van der Waals surface area (Å²) in [6, 6.07) is -1.05. The van der Waals surface area contributed by atoms with E-state index in [-0.39, 0.29) is 12.5 Å². The van der Waals surface area contributed by atoms with Gasteiger partial charge < -0.3 is 24.9 Å². The van der Waals surface area contributed by atoms with Crippen LogP contribution in [0.3, 0.4) is 0 Å². The molecule has 0 saturated carbocycles. The third-order valence-corrected chi connectivity index (χ3v) is 17.1. The molecule has 0 saturated heterocycles. The number of carbonyl (C=O) groups excluding carboxylic acids is 1. The lowest BCUT2D eigenvalue weighted by molar-refractivity contribution is -0.870. The minimum absolute atomic E-state index is 0.0196. The summed E-state index contributed by atoms with van der Waals surface area (Å²) in [7, 11) is 1.44. The monoisotopic (exact) mass is 1110 g/mol. The van der Waals surface area contributed by atoms with Gasteiger partial charge in [-0.25, -0.2) is 4.57 Å². The third kappa shape index (κ3) is 59.6. The van der Waals surface area contributed by atoms with Crippen LogP contribution < -0.4 is 5.32 Å². The number of allylic oxidation sites excluding steroid dienone is 2. The van der Waals surface area contributed by atoms with Crippen LogP contribution in [0.1, 0.15) is 354 Å². The standard InChI is InChI=1S/C67H135N2O7P/c1-6-8-10-12-14-16-18-20-21-22-23-24-25-26-27-28-29-30-31-32-33-34-35-36-37-38-39-40-41-42-43-44-45-46-47-48-50-52-54-56-58-60-66(71)68-64(63-76-77(73,74)75-62-61-69(3,4)5)67(72)65(70)59-57-55-53-51-49-19-17-15-13-11-9-7-2/h51,53,64-65,67,70,72H,6-50,52,54-63H2,1-5H3,(H-,68,71,73,74)/p+1/b53-51+. The quantitative estimate of drug-likeness (QED) is 0.0207. The van der Waals surface area contributed by atoms with Gasteiger partial charge in [-0.05, 0) is 38.5 Å². The fourth-order valence-electron chi connectivity index (χ4n) is 10.7. The molecule has 4 atom stereocenters. The molecule has 4 unspecified atom stereocenters. The Bertz CT molecular complexity index is 1280. The summed E-state index contributed by atoms with van der Waals surface area (Å²) in [5.74, 6) is -0.261. The van der Waals surface area contributed by atoms with Gasteiger partial charge >= 0.3 is 7.82 Å². The number of carbonyl (C=O) groups is 1. The molecule has 1 amide bonds. The number of amides is 1. The van der Waals surface area contributed by atoms with Crippen LogP contribution in [0.15, 0.2) is 12.2 Å². The molecule has 460 valence electrons. The molecule has 0 fully saturated rings. The number of phosphoric acid groups is 1. The summed E-state index contributed by atoms with van der Waals surface area (Å²) < 4.78 is 23.6. The van der Waals surface area contributed by atoms with Crippen LogP contribution in [0.25, 0.3) is 0 Å². The molecule has 0 aliphatic rings. The largest absolute Gasteiger partial charge is 0.472 e. The first-order valence-corrected chi connectivity index (χ1v) is 35.6. The zero-order valence-electron chi connectivity index (χ0n) is 52.4. The minimum atomic E-state index is -4.43. The Kier molecular flexibility index (Phi) is 57.8. The summed E-state index contributed by atoms with van der Waals surface area (Å²) in [5.41, 5.74) is 0. The van der Waals surface area contributed by atoms with Crippen molar-refractivity contribution >= 4 is 13.7 Å². The van der Waals surface area contributed by atoms with Crippen molar-refractivity contribution in [3.05, 3.63) is 12.2 Å². The number of likely N-dealkylation sites (N-methyl/N-ethyl adjacent to an activating group) is 1. The van der Waals surface area contributed by atoms with E-state index in [0.29, 0.717) is 30.3 Å². The first kappa shape index (κ1) is 76.2. The van der Waals surface area contributed by atoms with Gasteiger partial charge in [0.25, 0.3) is 0 Å². The molecule has 0 aromatic rings. The van der Waals surface area contributed by atoms with Crippen molar-refractivity contribution in [1.29, 1.82) is 0 Å². The van der Waals surface area contributed by atoms with Crippen LogP contribution in [-0.4, -0.2) is 84.6 Å². The van der Waals surface area contributed by atoms with Crippen molar-refractivity contribution in [2.75, 3.05) is 40.9 Å². The second-order valence-electron chi connectivity index (χ2n) is 25.0. The lowest BCUT2D eigenvalue weighted by Crippen LogP contribution is -2.51.